The molecule has 0 unspecified atom stereocenters. The summed E-state index contributed by atoms with van der Waals surface area (Å²) in [5, 5.41) is 0. The second-order valence-electron chi connectivity index (χ2n) is 6.29. The predicted octanol–water partition coefficient (Wildman–Crippen LogP) is 3.40. The fourth-order valence-corrected chi connectivity index (χ4v) is 1.92. The average molecular weight is 308 g/mol. The van der Waals surface area contributed by atoms with Gasteiger partial charge in [0.2, 0.25) is 0 Å². The molecule has 1 rings (SSSR count). The Kier molecular flexibility index (Phi) is 7.35. The van der Waals surface area contributed by atoms with Crippen LogP contribution in [0.1, 0.15) is 46.6 Å². The summed E-state index contributed by atoms with van der Waals surface area (Å²) in [5.74, 6) is 0. The lowest BCUT2D eigenvalue weighted by Crippen LogP contribution is -2.50. The highest BCUT2D eigenvalue weighted by atomic mass is 16.6. The van der Waals surface area contributed by atoms with Gasteiger partial charge in [0, 0.05) is 0 Å². The van der Waals surface area contributed by atoms with Crippen molar-refractivity contribution >= 4 is 6.09 Å². The largest absolute Gasteiger partial charge is 0.443 e. The van der Waals surface area contributed by atoms with Crippen LogP contribution in [0.5, 0.6) is 0 Å². The summed E-state index contributed by atoms with van der Waals surface area (Å²) in [5.41, 5.74) is 6.17. The number of hydrogen-bond acceptors (Lipinski definition) is 4. The van der Waals surface area contributed by atoms with Gasteiger partial charge < -0.3 is 9.47 Å². The van der Waals surface area contributed by atoms with Crippen LogP contribution in [0.15, 0.2) is 30.3 Å². The molecule has 5 heteroatoms. The lowest BCUT2D eigenvalue weighted by molar-refractivity contribution is 0.0168. The van der Waals surface area contributed by atoms with E-state index in [0.717, 1.165) is 12.0 Å². The topological polar surface area (TPSA) is 59.6 Å². The Morgan fingerprint density at radius 3 is 2.41 bits per heavy atom. The minimum Gasteiger partial charge on any atom is -0.443 e. The monoisotopic (exact) mass is 308 g/mol. The maximum absolute atomic E-state index is 11.6. The number of hydrogen-bond donors (Lipinski definition) is 2. The quantitative estimate of drug-likeness (QED) is 0.758. The van der Waals surface area contributed by atoms with Crippen LogP contribution >= 0.6 is 0 Å². The van der Waals surface area contributed by atoms with Gasteiger partial charge in [0.1, 0.15) is 5.60 Å². The highest BCUT2D eigenvalue weighted by molar-refractivity contribution is 5.67. The van der Waals surface area contributed by atoms with Crippen molar-refractivity contribution in [1.82, 2.24) is 10.9 Å². The lowest BCUT2D eigenvalue weighted by atomic mass is 10.1. The number of carbonyl (C=O) groups excluding carboxylic acids is 1. The summed E-state index contributed by atoms with van der Waals surface area (Å²) in [7, 11) is 0. The van der Waals surface area contributed by atoms with E-state index in [4.69, 9.17) is 9.47 Å². The molecule has 2 N–H and O–H groups in total. The van der Waals surface area contributed by atoms with Crippen LogP contribution in [0.4, 0.5) is 4.79 Å². The molecule has 1 aromatic rings. The molecule has 22 heavy (non-hydrogen) atoms. The molecule has 0 bridgehead atoms. The third-order valence-corrected chi connectivity index (χ3v) is 3.12. The van der Waals surface area contributed by atoms with E-state index in [0.29, 0.717) is 6.61 Å². The van der Waals surface area contributed by atoms with Crippen LogP contribution in [0.3, 0.4) is 0 Å². The van der Waals surface area contributed by atoms with Gasteiger partial charge in [-0.1, -0.05) is 37.3 Å². The van der Waals surface area contributed by atoms with E-state index in [-0.39, 0.29) is 12.1 Å². The van der Waals surface area contributed by atoms with Gasteiger partial charge in [0.15, 0.2) is 0 Å². The third kappa shape index (κ3) is 7.43. The van der Waals surface area contributed by atoms with Crippen molar-refractivity contribution in [2.75, 3.05) is 0 Å². The zero-order valence-electron chi connectivity index (χ0n) is 14.2. The van der Waals surface area contributed by atoms with Crippen LogP contribution in [0.25, 0.3) is 0 Å². The summed E-state index contributed by atoms with van der Waals surface area (Å²) in [6.07, 6.45) is 0.299. The van der Waals surface area contributed by atoms with Gasteiger partial charge in [0.05, 0.1) is 18.8 Å². The Morgan fingerprint density at radius 1 is 1.23 bits per heavy atom. The molecule has 5 nitrogen and oxygen atoms in total. The molecular formula is C17H28N2O3. The molecule has 0 aromatic heterocycles. The first-order valence-corrected chi connectivity index (χ1v) is 7.72. The number of benzene rings is 1. The Morgan fingerprint density at radius 2 is 1.86 bits per heavy atom. The third-order valence-electron chi connectivity index (χ3n) is 3.12. The first-order chi connectivity index (χ1) is 10.3. The second-order valence-corrected chi connectivity index (χ2v) is 6.29. The minimum absolute atomic E-state index is 0.0104. The Hall–Kier alpha value is -1.59. The fourth-order valence-electron chi connectivity index (χ4n) is 1.92. The summed E-state index contributed by atoms with van der Waals surface area (Å²) >= 11 is 0. The van der Waals surface area contributed by atoms with E-state index in [9.17, 15) is 4.79 Å². The molecule has 1 amide bonds. The van der Waals surface area contributed by atoms with Gasteiger partial charge in [-0.3, -0.25) is 5.43 Å². The van der Waals surface area contributed by atoms with Crippen molar-refractivity contribution in [1.29, 1.82) is 0 Å². The van der Waals surface area contributed by atoms with Gasteiger partial charge in [-0.25, -0.2) is 10.2 Å². The van der Waals surface area contributed by atoms with E-state index in [1.165, 1.54) is 0 Å². The van der Waals surface area contributed by atoms with E-state index in [2.05, 4.69) is 10.9 Å². The maximum Gasteiger partial charge on any atom is 0.422 e. The van der Waals surface area contributed by atoms with Crippen LogP contribution in [-0.2, 0) is 16.1 Å². The molecule has 0 aliphatic rings. The first kappa shape index (κ1) is 18.5. The van der Waals surface area contributed by atoms with Crippen LogP contribution in [0.2, 0.25) is 0 Å². The van der Waals surface area contributed by atoms with Gasteiger partial charge in [-0.05, 0) is 39.7 Å². The fraction of sp³-hybridized carbons (Fsp3) is 0.588. The molecule has 0 saturated heterocycles. The summed E-state index contributed by atoms with van der Waals surface area (Å²) in [6, 6.07) is 10.0. The van der Waals surface area contributed by atoms with Gasteiger partial charge in [-0.2, -0.15) is 0 Å². The van der Waals surface area contributed by atoms with Crippen molar-refractivity contribution < 1.29 is 14.3 Å². The number of ether oxygens (including phenoxy) is 2. The molecule has 124 valence electrons. The predicted molar refractivity (Wildman–Crippen MR) is 87.3 cm³/mol. The van der Waals surface area contributed by atoms with Crippen molar-refractivity contribution in [3.8, 4) is 0 Å². The molecule has 0 aliphatic heterocycles. The Labute approximate surface area is 133 Å². The standard InChI is InChI=1S/C17H28N2O3/c1-6-15(18-19-16(20)22-17(3,4)5)13(2)21-12-14-10-8-7-9-11-14/h7-11,13,15,18H,6,12H2,1-5H3,(H,19,20)/t13-,15+/m0/s1. The summed E-state index contributed by atoms with van der Waals surface area (Å²) < 4.78 is 11.0. The molecule has 0 aliphatic carbocycles. The molecular weight excluding hydrogens is 280 g/mol. The molecule has 0 saturated carbocycles. The normalized spacial score (nSPS) is 14.2. The number of hydrazine groups is 1. The molecule has 0 fully saturated rings. The molecule has 0 spiro atoms. The number of rotatable bonds is 7. The minimum atomic E-state index is -0.511. The Balaban J connectivity index is 2.38. The first-order valence-electron chi connectivity index (χ1n) is 7.72. The molecule has 0 heterocycles. The van der Waals surface area contributed by atoms with Crippen molar-refractivity contribution in [3.63, 3.8) is 0 Å². The van der Waals surface area contributed by atoms with Crippen LogP contribution in [0, 0.1) is 0 Å². The van der Waals surface area contributed by atoms with Crippen molar-refractivity contribution in [3.05, 3.63) is 35.9 Å². The molecule has 0 radical (unpaired) electrons. The van der Waals surface area contributed by atoms with E-state index in [1.807, 2.05) is 65.0 Å². The Bertz CT molecular complexity index is 443. The van der Waals surface area contributed by atoms with Gasteiger partial charge >= 0.3 is 6.09 Å². The van der Waals surface area contributed by atoms with Crippen LogP contribution in [-0.4, -0.2) is 23.8 Å². The van der Waals surface area contributed by atoms with Gasteiger partial charge in [-0.15, -0.1) is 0 Å². The number of nitrogens with one attached hydrogen (secondary N) is 2. The number of amides is 1. The summed E-state index contributed by atoms with van der Waals surface area (Å²) in [4.78, 5) is 11.6. The van der Waals surface area contributed by atoms with E-state index < -0.39 is 11.7 Å². The van der Waals surface area contributed by atoms with E-state index in [1.54, 1.807) is 0 Å². The average Bonchev–Trinajstić information content (AvgIpc) is 2.45. The van der Waals surface area contributed by atoms with Crippen LogP contribution < -0.4 is 10.9 Å². The smallest absolute Gasteiger partial charge is 0.422 e. The zero-order valence-corrected chi connectivity index (χ0v) is 14.2. The highest BCUT2D eigenvalue weighted by Gasteiger charge is 2.19. The summed E-state index contributed by atoms with van der Waals surface area (Å²) in [6.45, 7) is 10.1. The number of carbonyl (C=O) groups is 1. The van der Waals surface area contributed by atoms with Crippen molar-refractivity contribution in [2.45, 2.75) is 65.4 Å². The van der Waals surface area contributed by atoms with Gasteiger partial charge in [0.25, 0.3) is 0 Å². The van der Waals surface area contributed by atoms with E-state index >= 15 is 0 Å². The lowest BCUT2D eigenvalue weighted by Gasteiger charge is -2.26. The molecule has 2 atom stereocenters. The SMILES string of the molecule is CC[C@@H](NNC(=O)OC(C)(C)C)[C@H](C)OCc1ccccc1. The zero-order chi connectivity index (χ0) is 16.6. The van der Waals surface area contributed by atoms with Crippen molar-refractivity contribution in [2.24, 2.45) is 0 Å². The maximum atomic E-state index is 11.6. The molecule has 1 aromatic carbocycles. The second kappa shape index (κ2) is 8.76. The highest BCUT2D eigenvalue weighted by Crippen LogP contribution is 2.09.